The Morgan fingerprint density at radius 3 is 3.15 bits per heavy atom. The molecule has 0 radical (unpaired) electrons. The molecule has 13 heavy (non-hydrogen) atoms. The first-order valence-electron chi connectivity index (χ1n) is 4.24. The molecule has 1 aliphatic rings. The summed E-state index contributed by atoms with van der Waals surface area (Å²) in [5.41, 5.74) is 0. The second kappa shape index (κ2) is 4.17. The number of hydrogen-bond acceptors (Lipinski definition) is 4. The van der Waals surface area contributed by atoms with Crippen molar-refractivity contribution in [3.8, 4) is 0 Å². The molecule has 1 aliphatic heterocycles. The number of halogens is 1. The maximum absolute atomic E-state index is 5.83. The number of thioether (sulfide) groups is 1. The lowest BCUT2D eigenvalue weighted by molar-refractivity contribution is 0.511. The van der Waals surface area contributed by atoms with E-state index in [0.717, 1.165) is 9.34 Å². The maximum Gasteiger partial charge on any atom is 0.121 e. The van der Waals surface area contributed by atoms with E-state index in [2.05, 4.69) is 17.2 Å². The first-order chi connectivity index (χ1) is 6.25. The summed E-state index contributed by atoms with van der Waals surface area (Å²) in [5.74, 6) is 1.20. The van der Waals surface area contributed by atoms with E-state index in [4.69, 9.17) is 11.6 Å². The molecule has 0 aliphatic carbocycles. The van der Waals surface area contributed by atoms with Gasteiger partial charge in [-0.2, -0.15) is 0 Å². The van der Waals surface area contributed by atoms with Crippen LogP contribution in [0.5, 0.6) is 0 Å². The van der Waals surface area contributed by atoms with Crippen LogP contribution in [0.3, 0.4) is 0 Å². The standard InChI is InChI=1S/C8H11ClN2S2/c1-5-2-3-12-8(11-5)7-10-4-6(9)13-7/h4-5,8,11H,2-3H2,1H3. The van der Waals surface area contributed by atoms with Gasteiger partial charge < -0.3 is 0 Å². The minimum absolute atomic E-state index is 0.348. The Morgan fingerprint density at radius 2 is 2.54 bits per heavy atom. The van der Waals surface area contributed by atoms with Crippen molar-refractivity contribution < 1.29 is 0 Å². The van der Waals surface area contributed by atoms with Gasteiger partial charge in [-0.1, -0.05) is 11.6 Å². The Morgan fingerprint density at radius 1 is 1.69 bits per heavy atom. The number of rotatable bonds is 1. The van der Waals surface area contributed by atoms with Crippen LogP contribution in [-0.2, 0) is 0 Å². The van der Waals surface area contributed by atoms with Crippen LogP contribution in [0.15, 0.2) is 6.20 Å². The molecule has 2 nitrogen and oxygen atoms in total. The fourth-order valence-corrected chi connectivity index (χ4v) is 3.76. The van der Waals surface area contributed by atoms with E-state index in [1.54, 1.807) is 17.5 Å². The van der Waals surface area contributed by atoms with Crippen molar-refractivity contribution in [2.24, 2.45) is 0 Å². The molecule has 0 saturated carbocycles. The number of nitrogens with one attached hydrogen (secondary N) is 1. The Labute approximate surface area is 91.1 Å². The normalized spacial score (nSPS) is 29.1. The van der Waals surface area contributed by atoms with Gasteiger partial charge in [0.05, 0.1) is 6.20 Å². The zero-order valence-corrected chi connectivity index (χ0v) is 9.68. The van der Waals surface area contributed by atoms with E-state index in [-0.39, 0.29) is 0 Å². The molecule has 1 fully saturated rings. The van der Waals surface area contributed by atoms with E-state index < -0.39 is 0 Å². The zero-order chi connectivity index (χ0) is 9.26. The maximum atomic E-state index is 5.83. The monoisotopic (exact) mass is 234 g/mol. The van der Waals surface area contributed by atoms with E-state index in [1.165, 1.54) is 12.2 Å². The van der Waals surface area contributed by atoms with Crippen molar-refractivity contribution in [2.45, 2.75) is 24.8 Å². The van der Waals surface area contributed by atoms with Crippen molar-refractivity contribution in [3.63, 3.8) is 0 Å². The predicted molar refractivity (Wildman–Crippen MR) is 59.5 cm³/mol. The van der Waals surface area contributed by atoms with Crippen molar-refractivity contribution in [2.75, 3.05) is 5.75 Å². The van der Waals surface area contributed by atoms with E-state index in [0.29, 0.717) is 11.4 Å². The quantitative estimate of drug-likeness (QED) is 0.809. The van der Waals surface area contributed by atoms with Crippen LogP contribution in [0, 0.1) is 0 Å². The molecule has 1 N–H and O–H groups in total. The smallest absolute Gasteiger partial charge is 0.121 e. The van der Waals surface area contributed by atoms with Crippen LogP contribution in [0.2, 0.25) is 4.34 Å². The number of aromatic nitrogens is 1. The van der Waals surface area contributed by atoms with Gasteiger partial charge in [0.2, 0.25) is 0 Å². The summed E-state index contributed by atoms with van der Waals surface area (Å²) >= 11 is 9.31. The molecule has 2 heterocycles. The largest absolute Gasteiger partial charge is 0.297 e. The highest BCUT2D eigenvalue weighted by molar-refractivity contribution is 7.99. The van der Waals surface area contributed by atoms with Crippen LogP contribution in [0.1, 0.15) is 23.7 Å². The van der Waals surface area contributed by atoms with Gasteiger partial charge in [0.25, 0.3) is 0 Å². The lowest BCUT2D eigenvalue weighted by Crippen LogP contribution is -2.33. The van der Waals surface area contributed by atoms with Gasteiger partial charge in [-0.15, -0.1) is 23.1 Å². The highest BCUT2D eigenvalue weighted by atomic mass is 35.5. The van der Waals surface area contributed by atoms with Crippen LogP contribution in [0.25, 0.3) is 0 Å². The summed E-state index contributed by atoms with van der Waals surface area (Å²) < 4.78 is 0.774. The van der Waals surface area contributed by atoms with Gasteiger partial charge in [0, 0.05) is 6.04 Å². The molecule has 0 spiro atoms. The van der Waals surface area contributed by atoms with Crippen molar-refractivity contribution >= 4 is 34.7 Å². The number of hydrogen-bond donors (Lipinski definition) is 1. The Hall–Kier alpha value is 0.230. The van der Waals surface area contributed by atoms with Gasteiger partial charge in [0.1, 0.15) is 14.7 Å². The fourth-order valence-electron chi connectivity index (χ4n) is 1.28. The lowest BCUT2D eigenvalue weighted by atomic mass is 10.2. The van der Waals surface area contributed by atoms with Gasteiger partial charge >= 0.3 is 0 Å². The summed E-state index contributed by atoms with van der Waals surface area (Å²) in [4.78, 5) is 4.28. The molecule has 2 rings (SSSR count). The van der Waals surface area contributed by atoms with Gasteiger partial charge in [-0.25, -0.2) is 4.98 Å². The Kier molecular flexibility index (Phi) is 3.14. The average Bonchev–Trinajstić information content (AvgIpc) is 2.52. The molecule has 1 saturated heterocycles. The third kappa shape index (κ3) is 2.37. The average molecular weight is 235 g/mol. The van der Waals surface area contributed by atoms with E-state index in [1.807, 2.05) is 11.8 Å². The second-order valence-electron chi connectivity index (χ2n) is 3.11. The minimum Gasteiger partial charge on any atom is -0.297 e. The van der Waals surface area contributed by atoms with Crippen LogP contribution >= 0.6 is 34.7 Å². The minimum atomic E-state index is 0.348. The van der Waals surface area contributed by atoms with Crippen LogP contribution in [0.4, 0.5) is 0 Å². The van der Waals surface area contributed by atoms with Crippen molar-refractivity contribution in [1.29, 1.82) is 0 Å². The highest BCUT2D eigenvalue weighted by Crippen LogP contribution is 2.34. The van der Waals surface area contributed by atoms with E-state index >= 15 is 0 Å². The molecule has 0 bridgehead atoms. The topological polar surface area (TPSA) is 24.9 Å². The van der Waals surface area contributed by atoms with Gasteiger partial charge in [0.15, 0.2) is 0 Å². The van der Waals surface area contributed by atoms with Gasteiger partial charge in [-0.05, 0) is 19.1 Å². The van der Waals surface area contributed by atoms with E-state index in [9.17, 15) is 0 Å². The molecule has 5 heteroatoms. The molecule has 2 atom stereocenters. The van der Waals surface area contributed by atoms with Gasteiger partial charge in [-0.3, -0.25) is 5.32 Å². The summed E-state index contributed by atoms with van der Waals surface area (Å²) in [6.07, 6.45) is 2.96. The summed E-state index contributed by atoms with van der Waals surface area (Å²) in [6, 6.07) is 0.592. The van der Waals surface area contributed by atoms with Crippen molar-refractivity contribution in [1.82, 2.24) is 10.3 Å². The first-order valence-corrected chi connectivity index (χ1v) is 6.49. The third-order valence-corrected chi connectivity index (χ3v) is 4.48. The summed E-state index contributed by atoms with van der Waals surface area (Å²) in [7, 11) is 0. The third-order valence-electron chi connectivity index (χ3n) is 1.99. The second-order valence-corrected chi connectivity index (χ2v) is 6.02. The Bertz CT molecular complexity index is 289. The first kappa shape index (κ1) is 9.77. The highest BCUT2D eigenvalue weighted by Gasteiger charge is 2.22. The molecule has 0 aromatic carbocycles. The molecule has 2 unspecified atom stereocenters. The SMILES string of the molecule is CC1CCSC(c2ncc(Cl)s2)N1. The van der Waals surface area contributed by atoms with Crippen molar-refractivity contribution in [3.05, 3.63) is 15.5 Å². The molecule has 0 amide bonds. The molecule has 1 aromatic rings. The zero-order valence-electron chi connectivity index (χ0n) is 7.29. The number of nitrogens with zero attached hydrogens (tertiary/aromatic N) is 1. The predicted octanol–water partition coefficient (Wildman–Crippen LogP) is 2.91. The fraction of sp³-hybridized carbons (Fsp3) is 0.625. The lowest BCUT2D eigenvalue weighted by Gasteiger charge is -2.26. The Balaban J connectivity index is 2.08. The molecular weight excluding hydrogens is 224 g/mol. The molecular formula is C8H11ClN2S2. The molecule has 72 valence electrons. The molecule has 1 aromatic heterocycles. The van der Waals surface area contributed by atoms with Crippen LogP contribution in [-0.4, -0.2) is 16.8 Å². The summed E-state index contributed by atoms with van der Waals surface area (Å²) in [6.45, 7) is 2.21. The summed E-state index contributed by atoms with van der Waals surface area (Å²) in [5, 5.41) is 4.95. The number of thiazole rings is 1. The van der Waals surface area contributed by atoms with Crippen LogP contribution < -0.4 is 5.32 Å².